The van der Waals surface area contributed by atoms with Gasteiger partial charge in [-0.05, 0) is 17.7 Å². The molecule has 1 aromatic heterocycles. The Balaban J connectivity index is 2.12. The number of anilines is 1. The first-order valence-electron chi connectivity index (χ1n) is 6.44. The molecule has 0 bridgehead atoms. The molecule has 22 heavy (non-hydrogen) atoms. The maximum atomic E-state index is 12.1. The van der Waals surface area contributed by atoms with Crippen LogP contribution in [0.3, 0.4) is 0 Å². The summed E-state index contributed by atoms with van der Waals surface area (Å²) < 4.78 is 26.9. The number of nitrogens with one attached hydrogen (secondary N) is 1. The number of carbonyl (C=O) groups excluding carboxylic acids is 1. The van der Waals surface area contributed by atoms with Crippen LogP contribution in [0.2, 0.25) is 0 Å². The van der Waals surface area contributed by atoms with Crippen molar-refractivity contribution >= 4 is 38.0 Å². The third-order valence-corrected chi connectivity index (χ3v) is 4.71. The van der Waals surface area contributed by atoms with Crippen molar-refractivity contribution in [3.8, 4) is 0 Å². The van der Waals surface area contributed by atoms with Gasteiger partial charge in [0.2, 0.25) is 5.13 Å². The van der Waals surface area contributed by atoms with Gasteiger partial charge in [0, 0.05) is 29.8 Å². The molecule has 116 valence electrons. The van der Waals surface area contributed by atoms with Gasteiger partial charge in [-0.2, -0.15) is 4.37 Å². The highest BCUT2D eigenvalue weighted by atomic mass is 32.2. The first-order valence-corrected chi connectivity index (χ1v) is 9.11. The first kappa shape index (κ1) is 16.3. The van der Waals surface area contributed by atoms with Gasteiger partial charge < -0.3 is 0 Å². The topological polar surface area (TPSA) is 89.0 Å². The number of nitrogens with zero attached hydrogens (tertiary/aromatic N) is 2. The molecule has 1 N–H and O–H groups in total. The molecule has 1 aromatic carbocycles. The van der Waals surface area contributed by atoms with Crippen LogP contribution in [-0.2, 0) is 21.1 Å². The van der Waals surface area contributed by atoms with Crippen LogP contribution >= 0.6 is 11.5 Å². The van der Waals surface area contributed by atoms with E-state index in [1.54, 1.807) is 12.1 Å². The fraction of sp³-hybridized carbons (Fsp3) is 0.214. The van der Waals surface area contributed by atoms with Crippen molar-refractivity contribution in [1.29, 1.82) is 0 Å². The molecule has 0 aliphatic rings. The summed E-state index contributed by atoms with van der Waals surface area (Å²) >= 11 is 1.11. The van der Waals surface area contributed by atoms with Crippen molar-refractivity contribution in [3.05, 3.63) is 42.2 Å². The Morgan fingerprint density at radius 3 is 2.45 bits per heavy atom. The van der Waals surface area contributed by atoms with E-state index in [0.29, 0.717) is 22.9 Å². The van der Waals surface area contributed by atoms with Crippen molar-refractivity contribution < 1.29 is 13.2 Å². The average Bonchev–Trinajstić information content (AvgIpc) is 2.93. The third kappa shape index (κ3) is 3.77. The minimum Gasteiger partial charge on any atom is -0.297 e. The number of benzene rings is 1. The zero-order chi connectivity index (χ0) is 16.3. The molecule has 0 atom stereocenters. The molecule has 0 saturated heterocycles. The van der Waals surface area contributed by atoms with Crippen LogP contribution in [0, 0.1) is 0 Å². The molecular formula is C14H15N3O3S2. The largest absolute Gasteiger partial charge is 0.297 e. The van der Waals surface area contributed by atoms with Gasteiger partial charge in [-0.3, -0.25) is 10.1 Å². The second-order valence-corrected chi connectivity index (χ2v) is 7.37. The average molecular weight is 337 g/mol. The van der Waals surface area contributed by atoms with Gasteiger partial charge in [-0.15, -0.1) is 0 Å². The molecule has 0 fully saturated rings. The van der Waals surface area contributed by atoms with Crippen LogP contribution in [0.25, 0.3) is 5.57 Å². The number of amides is 1. The third-order valence-electron chi connectivity index (χ3n) is 2.91. The van der Waals surface area contributed by atoms with Crippen LogP contribution in [0.5, 0.6) is 0 Å². The number of hydrogen-bond donors (Lipinski definition) is 1. The summed E-state index contributed by atoms with van der Waals surface area (Å²) in [4.78, 5) is 16.4. The lowest BCUT2D eigenvalue weighted by Gasteiger charge is -2.06. The van der Waals surface area contributed by atoms with E-state index in [1.165, 1.54) is 12.1 Å². The van der Waals surface area contributed by atoms with Crippen LogP contribution in [-0.4, -0.2) is 29.9 Å². The summed E-state index contributed by atoms with van der Waals surface area (Å²) in [6.45, 7) is 5.66. The number of hydrogen-bond acceptors (Lipinski definition) is 6. The standard InChI is InChI=1S/C14H15N3O3S2/c1-4-12-15-14(21-17-12)16-13(18)9(2)10-5-7-11(8-6-10)22(3,19)20/h5-8H,2,4H2,1,3H3,(H,15,16,17,18). The summed E-state index contributed by atoms with van der Waals surface area (Å²) in [5.74, 6) is 0.273. The Kier molecular flexibility index (Phi) is 4.72. The van der Waals surface area contributed by atoms with Gasteiger partial charge in [0.1, 0.15) is 5.82 Å². The SMILES string of the molecule is C=C(C(=O)Nc1nc(CC)ns1)c1ccc(S(C)(=O)=O)cc1. The second kappa shape index (κ2) is 6.37. The lowest BCUT2D eigenvalue weighted by Crippen LogP contribution is -2.13. The smallest absolute Gasteiger partial charge is 0.257 e. The predicted molar refractivity (Wildman–Crippen MR) is 86.5 cm³/mol. The van der Waals surface area contributed by atoms with Gasteiger partial charge in [-0.1, -0.05) is 25.6 Å². The molecule has 1 amide bonds. The number of carbonyl (C=O) groups is 1. The Hall–Kier alpha value is -2.06. The molecular weight excluding hydrogens is 322 g/mol. The molecule has 0 aliphatic carbocycles. The van der Waals surface area contributed by atoms with E-state index in [9.17, 15) is 13.2 Å². The molecule has 0 unspecified atom stereocenters. The summed E-state index contributed by atoms with van der Waals surface area (Å²) in [6, 6.07) is 6.00. The van der Waals surface area contributed by atoms with Gasteiger partial charge in [0.15, 0.2) is 9.84 Å². The quantitative estimate of drug-likeness (QED) is 0.845. The van der Waals surface area contributed by atoms with E-state index in [2.05, 4.69) is 21.3 Å². The summed E-state index contributed by atoms with van der Waals surface area (Å²) in [6.07, 6.45) is 1.82. The molecule has 0 saturated carbocycles. The van der Waals surface area contributed by atoms with Crippen LogP contribution in [0.4, 0.5) is 5.13 Å². The summed E-state index contributed by atoms with van der Waals surface area (Å²) in [5, 5.41) is 3.04. The Morgan fingerprint density at radius 1 is 1.32 bits per heavy atom. The van der Waals surface area contributed by atoms with Crippen molar-refractivity contribution in [1.82, 2.24) is 9.36 Å². The van der Waals surface area contributed by atoms with E-state index in [1.807, 2.05) is 6.92 Å². The van der Waals surface area contributed by atoms with E-state index in [4.69, 9.17) is 0 Å². The van der Waals surface area contributed by atoms with Crippen LogP contribution in [0.15, 0.2) is 35.7 Å². The van der Waals surface area contributed by atoms with E-state index < -0.39 is 15.7 Å². The van der Waals surface area contributed by atoms with Crippen LogP contribution in [0.1, 0.15) is 18.3 Å². The maximum Gasteiger partial charge on any atom is 0.257 e. The van der Waals surface area contributed by atoms with Crippen molar-refractivity contribution in [2.24, 2.45) is 0 Å². The Morgan fingerprint density at radius 2 is 1.95 bits per heavy atom. The number of rotatable bonds is 5. The lowest BCUT2D eigenvalue weighted by molar-refractivity contribution is -0.111. The van der Waals surface area contributed by atoms with E-state index >= 15 is 0 Å². The zero-order valence-electron chi connectivity index (χ0n) is 12.2. The Bertz CT molecular complexity index is 808. The van der Waals surface area contributed by atoms with Gasteiger partial charge in [0.05, 0.1) is 4.90 Å². The van der Waals surface area contributed by atoms with Gasteiger partial charge in [0.25, 0.3) is 5.91 Å². The fourth-order valence-corrected chi connectivity index (χ4v) is 2.93. The van der Waals surface area contributed by atoms with E-state index in [-0.39, 0.29) is 10.5 Å². The summed E-state index contributed by atoms with van der Waals surface area (Å²) in [5.41, 5.74) is 0.776. The summed E-state index contributed by atoms with van der Waals surface area (Å²) in [7, 11) is -3.26. The molecule has 0 radical (unpaired) electrons. The highest BCUT2D eigenvalue weighted by Gasteiger charge is 2.13. The van der Waals surface area contributed by atoms with E-state index in [0.717, 1.165) is 17.8 Å². The number of aryl methyl sites for hydroxylation is 1. The fourth-order valence-electron chi connectivity index (χ4n) is 1.66. The molecule has 1 heterocycles. The van der Waals surface area contributed by atoms with Crippen molar-refractivity contribution in [3.63, 3.8) is 0 Å². The van der Waals surface area contributed by atoms with Gasteiger partial charge >= 0.3 is 0 Å². The zero-order valence-corrected chi connectivity index (χ0v) is 13.8. The Labute approximate surface area is 133 Å². The number of aromatic nitrogens is 2. The van der Waals surface area contributed by atoms with Crippen LogP contribution < -0.4 is 5.32 Å². The molecule has 0 spiro atoms. The van der Waals surface area contributed by atoms with Crippen molar-refractivity contribution in [2.75, 3.05) is 11.6 Å². The number of sulfone groups is 1. The minimum absolute atomic E-state index is 0.196. The lowest BCUT2D eigenvalue weighted by atomic mass is 10.1. The monoisotopic (exact) mass is 337 g/mol. The molecule has 6 nitrogen and oxygen atoms in total. The normalized spacial score (nSPS) is 11.2. The van der Waals surface area contributed by atoms with Crippen molar-refractivity contribution in [2.45, 2.75) is 18.2 Å². The van der Waals surface area contributed by atoms with Gasteiger partial charge in [-0.25, -0.2) is 13.4 Å². The maximum absolute atomic E-state index is 12.1. The highest BCUT2D eigenvalue weighted by molar-refractivity contribution is 7.90. The second-order valence-electron chi connectivity index (χ2n) is 4.60. The minimum atomic E-state index is -3.26. The molecule has 8 heteroatoms. The molecule has 2 rings (SSSR count). The first-order chi connectivity index (χ1) is 10.3. The highest BCUT2D eigenvalue weighted by Crippen LogP contribution is 2.19. The molecule has 0 aliphatic heterocycles. The molecule has 2 aromatic rings. The predicted octanol–water partition coefficient (Wildman–Crippen LogP) is 2.16.